The molecule has 11 heteroatoms. The van der Waals surface area contributed by atoms with E-state index in [1.165, 1.54) is 42.5 Å². The second-order valence-corrected chi connectivity index (χ2v) is 7.67. The van der Waals surface area contributed by atoms with Gasteiger partial charge in [0.2, 0.25) is 10.0 Å². The fraction of sp³-hybridized carbons (Fsp3) is 0.0556. The Hall–Kier alpha value is -3.70. The Kier molecular flexibility index (Phi) is 5.35. The van der Waals surface area contributed by atoms with Crippen LogP contribution in [0.15, 0.2) is 53.4 Å². The highest BCUT2D eigenvalue weighted by Crippen LogP contribution is 2.29. The van der Waals surface area contributed by atoms with Gasteiger partial charge < -0.3 is 15.5 Å². The molecular formula is C18H16N4O6S. The molecule has 0 bridgehead atoms. The van der Waals surface area contributed by atoms with E-state index in [0.29, 0.717) is 22.5 Å². The molecule has 3 rings (SSSR count). The summed E-state index contributed by atoms with van der Waals surface area (Å²) in [7, 11) is -3.83. The topological polar surface area (TPSA) is 175 Å². The van der Waals surface area contributed by atoms with Crippen molar-refractivity contribution in [1.29, 1.82) is 0 Å². The molecule has 1 heterocycles. The first-order chi connectivity index (χ1) is 13.6. The van der Waals surface area contributed by atoms with Crippen molar-refractivity contribution in [2.75, 3.05) is 5.32 Å². The fourth-order valence-corrected chi connectivity index (χ4v) is 3.10. The minimum atomic E-state index is -3.83. The lowest BCUT2D eigenvalue weighted by Crippen LogP contribution is -2.14. The van der Waals surface area contributed by atoms with Crippen LogP contribution >= 0.6 is 0 Å². The zero-order valence-electron chi connectivity index (χ0n) is 14.8. The number of aromatic hydroxyl groups is 1. The number of anilines is 1. The first-order valence-electron chi connectivity index (χ1n) is 8.17. The third kappa shape index (κ3) is 4.78. The molecular weight excluding hydrogens is 400 g/mol. The van der Waals surface area contributed by atoms with Gasteiger partial charge in [-0.05, 0) is 48.0 Å². The van der Waals surface area contributed by atoms with Crippen LogP contribution in [0.1, 0.15) is 16.1 Å². The van der Waals surface area contributed by atoms with Crippen LogP contribution < -0.4 is 10.5 Å². The molecule has 0 aliphatic rings. The van der Waals surface area contributed by atoms with Gasteiger partial charge in [0.1, 0.15) is 11.4 Å². The highest BCUT2D eigenvalue weighted by molar-refractivity contribution is 7.89. The first kappa shape index (κ1) is 20.0. The monoisotopic (exact) mass is 416 g/mol. The van der Waals surface area contributed by atoms with Gasteiger partial charge in [-0.25, -0.2) is 13.6 Å². The Bertz CT molecular complexity index is 1190. The number of primary sulfonamides is 1. The number of benzene rings is 2. The normalized spacial score (nSPS) is 11.2. The van der Waals surface area contributed by atoms with Crippen molar-refractivity contribution < 1.29 is 28.2 Å². The van der Waals surface area contributed by atoms with Crippen LogP contribution in [-0.4, -0.2) is 40.7 Å². The average Bonchev–Trinajstić information content (AvgIpc) is 3.11. The van der Waals surface area contributed by atoms with E-state index >= 15 is 0 Å². The molecule has 0 aliphatic heterocycles. The van der Waals surface area contributed by atoms with Crippen LogP contribution in [-0.2, 0) is 21.2 Å². The van der Waals surface area contributed by atoms with Crippen LogP contribution in [0.25, 0.3) is 11.3 Å². The number of rotatable bonds is 6. The summed E-state index contributed by atoms with van der Waals surface area (Å²) in [5.41, 5.74) is 1.49. The lowest BCUT2D eigenvalue weighted by Gasteiger charge is -2.04. The van der Waals surface area contributed by atoms with E-state index in [0.717, 1.165) is 0 Å². The molecule has 29 heavy (non-hydrogen) atoms. The highest BCUT2D eigenvalue weighted by atomic mass is 32.2. The SMILES string of the molecule is NS(=O)(=O)c1ccc(NC(=O)c2cc(-c3ccc(CC(=O)O)cc3O)n[nH]2)cc1. The number of nitrogens with two attached hydrogens (primary N) is 1. The molecule has 0 spiro atoms. The number of carbonyl (C=O) groups excluding carboxylic acids is 1. The number of phenolic OH excluding ortho intramolecular Hbond substituents is 1. The lowest BCUT2D eigenvalue weighted by molar-refractivity contribution is -0.136. The van der Waals surface area contributed by atoms with Crippen LogP contribution in [0.3, 0.4) is 0 Å². The molecule has 0 fully saturated rings. The number of aromatic amines is 1. The molecule has 0 saturated heterocycles. The van der Waals surface area contributed by atoms with E-state index in [2.05, 4.69) is 15.5 Å². The van der Waals surface area contributed by atoms with Crippen molar-refractivity contribution >= 4 is 27.6 Å². The number of nitrogens with zero attached hydrogens (tertiary/aromatic N) is 1. The highest BCUT2D eigenvalue weighted by Gasteiger charge is 2.15. The van der Waals surface area contributed by atoms with Gasteiger partial charge in [0.15, 0.2) is 0 Å². The van der Waals surface area contributed by atoms with Crippen molar-refractivity contribution in [3.8, 4) is 17.0 Å². The summed E-state index contributed by atoms with van der Waals surface area (Å²) in [6.45, 7) is 0. The quantitative estimate of drug-likeness (QED) is 0.402. The zero-order valence-corrected chi connectivity index (χ0v) is 15.6. The zero-order chi connectivity index (χ0) is 21.2. The number of sulfonamides is 1. The largest absolute Gasteiger partial charge is 0.507 e. The van der Waals surface area contributed by atoms with Gasteiger partial charge in [-0.15, -0.1) is 0 Å². The van der Waals surface area contributed by atoms with Crippen molar-refractivity contribution in [2.24, 2.45) is 5.14 Å². The van der Waals surface area contributed by atoms with Gasteiger partial charge in [-0.1, -0.05) is 6.07 Å². The molecule has 6 N–H and O–H groups in total. The first-order valence-corrected chi connectivity index (χ1v) is 9.72. The smallest absolute Gasteiger partial charge is 0.307 e. The maximum absolute atomic E-state index is 12.3. The van der Waals surface area contributed by atoms with E-state index in [1.54, 1.807) is 6.07 Å². The van der Waals surface area contributed by atoms with Crippen molar-refractivity contribution in [1.82, 2.24) is 10.2 Å². The maximum atomic E-state index is 12.3. The third-order valence-electron chi connectivity index (χ3n) is 3.96. The van der Waals surface area contributed by atoms with Gasteiger partial charge >= 0.3 is 5.97 Å². The summed E-state index contributed by atoms with van der Waals surface area (Å²) in [4.78, 5) is 23.0. The minimum absolute atomic E-state index is 0.0823. The summed E-state index contributed by atoms with van der Waals surface area (Å²) in [6.07, 6.45) is -0.230. The number of carboxylic acids is 1. The number of carboxylic acid groups (broad SMARTS) is 1. The molecule has 0 unspecified atom stereocenters. The second kappa shape index (κ2) is 7.73. The number of hydrogen-bond acceptors (Lipinski definition) is 6. The summed E-state index contributed by atoms with van der Waals surface area (Å²) in [5.74, 6) is -1.72. The number of carbonyl (C=O) groups is 2. The number of hydrogen-bond donors (Lipinski definition) is 5. The van der Waals surface area contributed by atoms with Crippen LogP contribution in [0, 0.1) is 0 Å². The van der Waals surface area contributed by atoms with Crippen molar-refractivity contribution in [3.05, 3.63) is 59.8 Å². The average molecular weight is 416 g/mol. The van der Waals surface area contributed by atoms with Gasteiger partial charge in [0.05, 0.1) is 17.0 Å². The number of phenols is 1. The molecule has 1 aromatic heterocycles. The molecule has 0 aliphatic carbocycles. The molecule has 0 saturated carbocycles. The molecule has 0 radical (unpaired) electrons. The molecule has 2 aromatic carbocycles. The molecule has 0 atom stereocenters. The molecule has 10 nitrogen and oxygen atoms in total. The molecule has 150 valence electrons. The number of nitrogens with one attached hydrogen (secondary N) is 2. The van der Waals surface area contributed by atoms with E-state index in [9.17, 15) is 23.1 Å². The van der Waals surface area contributed by atoms with E-state index in [1.807, 2.05) is 0 Å². The Morgan fingerprint density at radius 1 is 1.10 bits per heavy atom. The van der Waals surface area contributed by atoms with Crippen LogP contribution in [0.5, 0.6) is 5.75 Å². The maximum Gasteiger partial charge on any atom is 0.307 e. The Morgan fingerprint density at radius 3 is 2.38 bits per heavy atom. The summed E-state index contributed by atoms with van der Waals surface area (Å²) < 4.78 is 22.5. The fourth-order valence-electron chi connectivity index (χ4n) is 2.58. The summed E-state index contributed by atoms with van der Waals surface area (Å²) in [5, 5.41) is 33.1. The predicted molar refractivity (Wildman–Crippen MR) is 103 cm³/mol. The third-order valence-corrected chi connectivity index (χ3v) is 4.89. The summed E-state index contributed by atoms with van der Waals surface area (Å²) >= 11 is 0. The Balaban J connectivity index is 1.76. The van der Waals surface area contributed by atoms with Crippen molar-refractivity contribution in [3.63, 3.8) is 0 Å². The Morgan fingerprint density at radius 2 is 1.79 bits per heavy atom. The van der Waals surface area contributed by atoms with Gasteiger partial charge in [0.25, 0.3) is 5.91 Å². The number of aromatic nitrogens is 2. The second-order valence-electron chi connectivity index (χ2n) is 6.11. The number of aliphatic carboxylic acids is 1. The van der Waals surface area contributed by atoms with E-state index in [-0.39, 0.29) is 22.8 Å². The van der Waals surface area contributed by atoms with Gasteiger partial charge in [-0.2, -0.15) is 5.10 Å². The van der Waals surface area contributed by atoms with Crippen LogP contribution in [0.2, 0.25) is 0 Å². The van der Waals surface area contributed by atoms with Gasteiger partial charge in [0, 0.05) is 11.3 Å². The van der Waals surface area contributed by atoms with Gasteiger partial charge in [-0.3, -0.25) is 14.7 Å². The summed E-state index contributed by atoms with van der Waals surface area (Å²) in [6, 6.07) is 11.1. The van der Waals surface area contributed by atoms with E-state index in [4.69, 9.17) is 10.2 Å². The van der Waals surface area contributed by atoms with E-state index < -0.39 is 21.9 Å². The number of H-pyrrole nitrogens is 1. The predicted octanol–water partition coefficient (Wildman–Crippen LogP) is 1.31. The lowest BCUT2D eigenvalue weighted by atomic mass is 10.1. The minimum Gasteiger partial charge on any atom is -0.507 e. The Labute approximate surface area is 165 Å². The molecule has 1 amide bonds. The standard InChI is InChI=1S/C18H16N4O6S/c19-29(27,28)12-4-2-11(3-5-12)20-18(26)15-9-14(21-22-15)13-6-1-10(7-16(13)23)8-17(24)25/h1-7,9,23H,8H2,(H,20,26)(H,21,22)(H,24,25)(H2,19,27,28). The number of amides is 1. The van der Waals surface area contributed by atoms with Crippen molar-refractivity contribution in [2.45, 2.75) is 11.3 Å². The van der Waals surface area contributed by atoms with Crippen LogP contribution in [0.4, 0.5) is 5.69 Å². The molecule has 3 aromatic rings.